The van der Waals surface area contributed by atoms with Crippen LogP contribution in [0.2, 0.25) is 5.02 Å². The first-order valence-corrected chi connectivity index (χ1v) is 11.2. The van der Waals surface area contributed by atoms with E-state index in [-0.39, 0.29) is 23.5 Å². The molecule has 0 bridgehead atoms. The van der Waals surface area contributed by atoms with Crippen LogP contribution in [0.5, 0.6) is 0 Å². The van der Waals surface area contributed by atoms with Crippen LogP contribution in [-0.2, 0) is 16.1 Å². The number of amides is 1. The van der Waals surface area contributed by atoms with Crippen molar-refractivity contribution in [2.45, 2.75) is 30.6 Å². The van der Waals surface area contributed by atoms with Crippen molar-refractivity contribution >= 4 is 40.7 Å². The molecule has 1 aliphatic heterocycles. The number of halogens is 1. The highest BCUT2D eigenvalue weighted by Gasteiger charge is 2.20. The second-order valence-corrected chi connectivity index (χ2v) is 8.38. The normalized spacial score (nSPS) is 15.7. The van der Waals surface area contributed by atoms with Gasteiger partial charge in [0.05, 0.1) is 24.1 Å². The predicted molar refractivity (Wildman–Crippen MR) is 117 cm³/mol. The fraction of sp³-hybridized carbons (Fsp3) is 0.286. The Balaban J connectivity index is 1.41. The van der Waals surface area contributed by atoms with Crippen molar-refractivity contribution in [1.29, 1.82) is 0 Å². The zero-order valence-electron chi connectivity index (χ0n) is 16.5. The summed E-state index contributed by atoms with van der Waals surface area (Å²) in [6, 6.07) is 13.7. The molecule has 2 aromatic carbocycles. The number of hydrogen-bond donors (Lipinski definition) is 1. The Morgan fingerprint density at radius 1 is 1.23 bits per heavy atom. The summed E-state index contributed by atoms with van der Waals surface area (Å²) < 4.78 is 7.27. The molecule has 1 N–H and O–H groups in total. The van der Waals surface area contributed by atoms with Gasteiger partial charge in [0.25, 0.3) is 0 Å². The summed E-state index contributed by atoms with van der Waals surface area (Å²) in [6.45, 7) is 1.31. The van der Waals surface area contributed by atoms with Gasteiger partial charge in [-0.2, -0.15) is 0 Å². The van der Waals surface area contributed by atoms with Crippen LogP contribution in [0, 0.1) is 0 Å². The van der Waals surface area contributed by atoms with Crippen molar-refractivity contribution in [3.63, 3.8) is 0 Å². The Labute approximate surface area is 188 Å². The molecule has 1 aliphatic rings. The maximum atomic E-state index is 12.9. The fourth-order valence-corrected chi connectivity index (χ4v) is 4.13. The Hall–Kier alpha value is -2.75. The highest BCUT2D eigenvalue weighted by molar-refractivity contribution is 7.99. The third-order valence-electron chi connectivity index (χ3n) is 4.77. The van der Waals surface area contributed by atoms with Crippen LogP contribution in [0.25, 0.3) is 0 Å². The van der Waals surface area contributed by atoms with E-state index in [0.29, 0.717) is 33.5 Å². The molecule has 1 saturated heterocycles. The first kappa shape index (κ1) is 21.5. The lowest BCUT2D eigenvalue weighted by molar-refractivity contribution is -0.113. The molecule has 1 amide bonds. The number of nitrogens with zero attached hydrogens (tertiary/aromatic N) is 4. The molecule has 1 fully saturated rings. The zero-order valence-corrected chi connectivity index (χ0v) is 18.1. The van der Waals surface area contributed by atoms with Crippen molar-refractivity contribution in [3.05, 3.63) is 64.7 Å². The van der Waals surface area contributed by atoms with E-state index in [9.17, 15) is 9.59 Å². The predicted octanol–water partition coefficient (Wildman–Crippen LogP) is 3.47. The number of rotatable bonds is 8. The molecule has 0 aliphatic carbocycles. The molecule has 1 atom stereocenters. The number of ether oxygens (including phenoxy) is 1. The highest BCUT2D eigenvalue weighted by Crippen LogP contribution is 2.25. The number of aromatic nitrogens is 4. The highest BCUT2D eigenvalue weighted by atomic mass is 35.5. The minimum absolute atomic E-state index is 0.0908. The first-order chi connectivity index (χ1) is 15.1. The molecule has 0 saturated carbocycles. The number of hydrogen-bond acceptors (Lipinski definition) is 7. The lowest BCUT2D eigenvalue weighted by Crippen LogP contribution is -2.19. The number of thioether (sulfide) groups is 1. The lowest BCUT2D eigenvalue weighted by Gasteiger charge is -2.12. The van der Waals surface area contributed by atoms with Crippen molar-refractivity contribution in [1.82, 2.24) is 20.2 Å². The molecular weight excluding hydrogens is 438 g/mol. The van der Waals surface area contributed by atoms with Gasteiger partial charge in [-0.05, 0) is 41.5 Å². The summed E-state index contributed by atoms with van der Waals surface area (Å²) in [5, 5.41) is 15.4. The zero-order chi connectivity index (χ0) is 21.6. The molecule has 160 valence electrons. The number of carbonyl (C=O) groups excluding carboxylic acids is 2. The van der Waals surface area contributed by atoms with Gasteiger partial charge >= 0.3 is 0 Å². The smallest absolute Gasteiger partial charge is 0.234 e. The SMILES string of the molecule is O=C(CSc1nnnn1C[C@@H]1CCCO1)Nc1ccc(Cl)cc1C(=O)c1ccccc1. The van der Waals surface area contributed by atoms with E-state index in [2.05, 4.69) is 20.8 Å². The second kappa shape index (κ2) is 10.0. The summed E-state index contributed by atoms with van der Waals surface area (Å²) >= 11 is 7.32. The van der Waals surface area contributed by atoms with Crippen molar-refractivity contribution in [2.24, 2.45) is 0 Å². The van der Waals surface area contributed by atoms with Gasteiger partial charge in [0.1, 0.15) is 0 Å². The van der Waals surface area contributed by atoms with Gasteiger partial charge in [-0.25, -0.2) is 4.68 Å². The van der Waals surface area contributed by atoms with Crippen LogP contribution in [0.3, 0.4) is 0 Å². The molecule has 31 heavy (non-hydrogen) atoms. The monoisotopic (exact) mass is 457 g/mol. The fourth-order valence-electron chi connectivity index (χ4n) is 3.27. The number of nitrogens with one attached hydrogen (secondary N) is 1. The van der Waals surface area contributed by atoms with E-state index < -0.39 is 0 Å². The average molecular weight is 458 g/mol. The molecule has 4 rings (SSSR count). The van der Waals surface area contributed by atoms with Crippen LogP contribution in [0.4, 0.5) is 5.69 Å². The van der Waals surface area contributed by atoms with Gasteiger partial charge < -0.3 is 10.1 Å². The molecule has 2 heterocycles. The standard InChI is InChI=1S/C21H20ClN5O3S/c22-15-8-9-18(17(11-15)20(29)14-5-2-1-3-6-14)23-19(28)13-31-21-24-25-26-27(21)12-16-7-4-10-30-16/h1-3,5-6,8-9,11,16H,4,7,10,12-13H2,(H,23,28)/t16-/m0/s1. The third kappa shape index (κ3) is 5.49. The molecule has 10 heteroatoms. The number of ketones is 1. The Bertz CT molecular complexity index is 1070. The van der Waals surface area contributed by atoms with Gasteiger partial charge in [-0.1, -0.05) is 53.7 Å². The minimum Gasteiger partial charge on any atom is -0.376 e. The summed E-state index contributed by atoms with van der Waals surface area (Å²) in [5.41, 5.74) is 1.26. The van der Waals surface area contributed by atoms with Gasteiger partial charge in [0, 0.05) is 22.8 Å². The first-order valence-electron chi connectivity index (χ1n) is 9.80. The van der Waals surface area contributed by atoms with E-state index in [0.717, 1.165) is 19.4 Å². The van der Waals surface area contributed by atoms with E-state index in [1.54, 1.807) is 47.1 Å². The Kier molecular flexibility index (Phi) is 6.96. The van der Waals surface area contributed by atoms with E-state index in [1.807, 2.05) is 6.07 Å². The van der Waals surface area contributed by atoms with Gasteiger partial charge in [-0.3, -0.25) is 9.59 Å². The van der Waals surface area contributed by atoms with Crippen molar-refractivity contribution in [2.75, 3.05) is 17.7 Å². The van der Waals surface area contributed by atoms with Crippen molar-refractivity contribution in [3.8, 4) is 0 Å². The van der Waals surface area contributed by atoms with Crippen LogP contribution in [-0.4, -0.2) is 50.4 Å². The van der Waals surface area contributed by atoms with Gasteiger partial charge in [0.15, 0.2) is 5.78 Å². The van der Waals surface area contributed by atoms with Crippen LogP contribution in [0.1, 0.15) is 28.8 Å². The van der Waals surface area contributed by atoms with E-state index in [1.165, 1.54) is 11.8 Å². The van der Waals surface area contributed by atoms with Crippen LogP contribution >= 0.6 is 23.4 Å². The number of benzene rings is 2. The molecule has 0 unspecified atom stereocenters. The summed E-state index contributed by atoms with van der Waals surface area (Å²) in [4.78, 5) is 25.5. The Morgan fingerprint density at radius 2 is 2.06 bits per heavy atom. The topological polar surface area (TPSA) is 99.0 Å². The molecule has 0 spiro atoms. The molecular formula is C21H20ClN5O3S. The largest absolute Gasteiger partial charge is 0.376 e. The Morgan fingerprint density at radius 3 is 2.84 bits per heavy atom. The molecule has 8 nitrogen and oxygen atoms in total. The van der Waals surface area contributed by atoms with Crippen LogP contribution in [0.15, 0.2) is 53.7 Å². The van der Waals surface area contributed by atoms with Gasteiger partial charge in [0.2, 0.25) is 11.1 Å². The maximum Gasteiger partial charge on any atom is 0.234 e. The maximum absolute atomic E-state index is 12.9. The quantitative estimate of drug-likeness (QED) is 0.408. The summed E-state index contributed by atoms with van der Waals surface area (Å²) in [6.07, 6.45) is 2.10. The number of carbonyl (C=O) groups is 2. The molecule has 3 aromatic rings. The number of anilines is 1. The molecule has 0 radical (unpaired) electrons. The third-order valence-corrected chi connectivity index (χ3v) is 5.96. The summed E-state index contributed by atoms with van der Waals surface area (Å²) in [7, 11) is 0. The van der Waals surface area contributed by atoms with E-state index in [4.69, 9.17) is 16.3 Å². The average Bonchev–Trinajstić information content (AvgIpc) is 3.46. The lowest BCUT2D eigenvalue weighted by atomic mass is 10.0. The van der Waals surface area contributed by atoms with Crippen molar-refractivity contribution < 1.29 is 14.3 Å². The van der Waals surface area contributed by atoms with Gasteiger partial charge in [-0.15, -0.1) is 5.10 Å². The molecule has 1 aromatic heterocycles. The summed E-state index contributed by atoms with van der Waals surface area (Å²) in [5.74, 6) is -0.402. The minimum atomic E-state index is -0.277. The van der Waals surface area contributed by atoms with E-state index >= 15 is 0 Å². The number of tetrazole rings is 1. The van der Waals surface area contributed by atoms with Crippen LogP contribution < -0.4 is 5.32 Å². The second-order valence-electron chi connectivity index (χ2n) is 7.00.